The molecule has 1 saturated carbocycles. The van der Waals surface area contributed by atoms with Crippen molar-refractivity contribution in [1.82, 2.24) is 15.2 Å². The number of fused-ring (bicyclic) bond motifs is 2. The number of hydrogen-bond acceptors (Lipinski definition) is 13. The maximum Gasteiger partial charge on any atom is 0.408 e. The van der Waals surface area contributed by atoms with E-state index in [2.05, 4.69) is 16.4 Å². The smallest absolute Gasteiger partial charge is 0.408 e. The van der Waals surface area contributed by atoms with Gasteiger partial charge in [-0.15, -0.1) is 0 Å². The van der Waals surface area contributed by atoms with Crippen molar-refractivity contribution >= 4 is 40.6 Å². The highest BCUT2D eigenvalue weighted by molar-refractivity contribution is 6.00. The Morgan fingerprint density at radius 1 is 0.970 bits per heavy atom. The summed E-state index contributed by atoms with van der Waals surface area (Å²) in [6.45, 7) is 14.2. The molecule has 0 radical (unpaired) electrons. The number of ether oxygens (including phenoxy) is 5. The second kappa shape index (κ2) is 20.9. The Labute approximate surface area is 395 Å². The molecule has 0 bridgehead atoms. The quantitative estimate of drug-likeness (QED) is 0.124. The Kier molecular flexibility index (Phi) is 15.6. The van der Waals surface area contributed by atoms with Crippen LogP contribution in [0.3, 0.4) is 0 Å². The number of rotatable bonds is 11. The number of esters is 1. The molecule has 14 nitrogen and oxygen atoms in total. The fourth-order valence-electron chi connectivity index (χ4n) is 11.3. The van der Waals surface area contributed by atoms with Gasteiger partial charge in [0.25, 0.3) is 0 Å². The number of aromatic nitrogens is 1. The minimum Gasteiger partial charge on any atom is -0.508 e. The molecule has 67 heavy (non-hydrogen) atoms. The van der Waals surface area contributed by atoms with Crippen molar-refractivity contribution in [2.24, 2.45) is 23.7 Å². The third kappa shape index (κ3) is 10.8. The Morgan fingerprint density at radius 2 is 1.70 bits per heavy atom. The van der Waals surface area contributed by atoms with Crippen molar-refractivity contribution in [2.45, 2.75) is 167 Å². The van der Waals surface area contributed by atoms with Crippen molar-refractivity contribution in [2.75, 3.05) is 13.7 Å². The van der Waals surface area contributed by atoms with E-state index in [1.54, 1.807) is 53.8 Å². The lowest BCUT2D eigenvalue weighted by atomic mass is 9.73. The number of para-hydroxylation sites is 1. The van der Waals surface area contributed by atoms with Crippen LogP contribution >= 0.6 is 0 Å². The molecule has 364 valence electrons. The Balaban J connectivity index is 1.22. The van der Waals surface area contributed by atoms with Gasteiger partial charge in [0.1, 0.15) is 29.7 Å². The molecule has 0 spiro atoms. The minimum absolute atomic E-state index is 0.0280. The Bertz CT molecular complexity index is 2300. The van der Waals surface area contributed by atoms with E-state index in [0.717, 1.165) is 34.9 Å². The molecule has 4 aliphatic rings. The normalized spacial score (nSPS) is 34.8. The van der Waals surface area contributed by atoms with Gasteiger partial charge in [0, 0.05) is 47.5 Å². The number of carbonyl (C=O) groups excluding carboxylic acids is 4. The van der Waals surface area contributed by atoms with Crippen molar-refractivity contribution in [3.8, 4) is 5.75 Å². The summed E-state index contributed by atoms with van der Waals surface area (Å²) in [5, 5.41) is 27.1. The van der Waals surface area contributed by atoms with Crippen LogP contribution in [0.1, 0.15) is 123 Å². The lowest BCUT2D eigenvalue weighted by Gasteiger charge is -2.47. The lowest BCUT2D eigenvalue weighted by Crippen LogP contribution is -2.60. The van der Waals surface area contributed by atoms with E-state index in [1.165, 1.54) is 25.3 Å². The van der Waals surface area contributed by atoms with E-state index in [-0.39, 0.29) is 31.0 Å². The average molecular weight is 926 g/mol. The number of benzene rings is 2. The summed E-state index contributed by atoms with van der Waals surface area (Å²) in [5.41, 5.74) is 0.842. The predicted octanol–water partition coefficient (Wildman–Crippen LogP) is 8.04. The second-order valence-corrected chi connectivity index (χ2v) is 20.2. The number of likely N-dealkylation sites (N-methyl/N-ethyl adjacent to an activating group) is 1. The highest BCUT2D eigenvalue weighted by Gasteiger charge is 2.57. The van der Waals surface area contributed by atoms with Crippen LogP contribution in [0.4, 0.5) is 4.79 Å². The highest BCUT2D eigenvalue weighted by Crippen LogP contribution is 2.41. The van der Waals surface area contributed by atoms with E-state index < -0.39 is 95.5 Å². The number of nitrogens with zero attached hydrogens (tertiary/aromatic N) is 2. The van der Waals surface area contributed by atoms with Crippen molar-refractivity contribution in [3.63, 3.8) is 0 Å². The summed E-state index contributed by atoms with van der Waals surface area (Å²) >= 11 is 0. The molecule has 14 heteroatoms. The second-order valence-electron chi connectivity index (χ2n) is 20.2. The SMILES string of the molecule is CC[C@H]1OC(=O)[C@H](C)C(=O)[C@H](C)[C@@H](OC2O[C@H](C)C[C@H](N(C)Cc3cc(C4CCCC4)ccc3O)[C@H]2O)[C@@](C)(OC/C=C/c2cnc3ccccc3c2)C[C@@H](C)C(=O)[C@H](C)[C@H]2NC(=O)O[C@@]21C. The van der Waals surface area contributed by atoms with Crippen LogP contribution < -0.4 is 5.32 Å². The van der Waals surface area contributed by atoms with E-state index in [9.17, 15) is 29.4 Å². The summed E-state index contributed by atoms with van der Waals surface area (Å²) in [6, 6.07) is 14.3. The number of alkyl carbamates (subject to hydrolysis) is 1. The summed E-state index contributed by atoms with van der Waals surface area (Å²) < 4.78 is 32.0. The number of pyridine rings is 1. The van der Waals surface area contributed by atoms with Crippen LogP contribution in [0, 0.1) is 23.7 Å². The van der Waals surface area contributed by atoms with Gasteiger partial charge in [-0.1, -0.05) is 83.0 Å². The van der Waals surface area contributed by atoms with Crippen LogP contribution in [0.25, 0.3) is 17.0 Å². The van der Waals surface area contributed by atoms with Crippen LogP contribution in [0.2, 0.25) is 0 Å². The number of aliphatic hydroxyl groups is 1. The predicted molar refractivity (Wildman–Crippen MR) is 253 cm³/mol. The summed E-state index contributed by atoms with van der Waals surface area (Å²) in [4.78, 5) is 62.9. The fourth-order valence-corrected chi connectivity index (χ4v) is 11.3. The van der Waals surface area contributed by atoms with Gasteiger partial charge >= 0.3 is 12.1 Å². The van der Waals surface area contributed by atoms with Crippen LogP contribution in [-0.4, -0.2) is 111 Å². The number of Topliss-reactive ketones (excluding diaryl/α,β-unsaturated/α-hetero) is 2. The number of amides is 1. The van der Waals surface area contributed by atoms with Gasteiger partial charge in [0.15, 0.2) is 17.7 Å². The zero-order valence-electron chi connectivity index (χ0n) is 40.6. The molecule has 3 saturated heterocycles. The summed E-state index contributed by atoms with van der Waals surface area (Å²) in [5.74, 6) is -4.72. The number of phenols is 1. The molecule has 4 fully saturated rings. The third-order valence-corrected chi connectivity index (χ3v) is 15.1. The van der Waals surface area contributed by atoms with Crippen LogP contribution in [0.15, 0.2) is 60.8 Å². The summed E-state index contributed by atoms with van der Waals surface area (Å²) in [7, 11) is 1.90. The van der Waals surface area contributed by atoms with Gasteiger partial charge in [-0.05, 0) is 102 Å². The number of hydrogen-bond donors (Lipinski definition) is 3. The molecule has 3 aliphatic heterocycles. The molecule has 1 unspecified atom stereocenters. The third-order valence-electron chi connectivity index (χ3n) is 15.1. The van der Waals surface area contributed by atoms with Gasteiger partial charge in [0.2, 0.25) is 0 Å². The molecule has 3 N–H and O–H groups in total. The number of aliphatic hydroxyl groups excluding tert-OH is 1. The number of aromatic hydroxyl groups is 1. The van der Waals surface area contributed by atoms with E-state index >= 15 is 0 Å². The molecular formula is C53H71N3O11. The number of carbonyl (C=O) groups is 4. The first-order chi connectivity index (χ1) is 31.8. The molecule has 4 heterocycles. The topological polar surface area (TPSA) is 183 Å². The monoisotopic (exact) mass is 926 g/mol. The molecule has 1 aromatic heterocycles. The average Bonchev–Trinajstić information content (AvgIpc) is 3.96. The number of nitrogens with one attached hydrogen (secondary N) is 1. The zero-order chi connectivity index (χ0) is 48.4. The zero-order valence-corrected chi connectivity index (χ0v) is 40.6. The number of ketones is 2. The van der Waals surface area contributed by atoms with E-state index in [1.807, 2.05) is 67.4 Å². The van der Waals surface area contributed by atoms with Crippen molar-refractivity contribution in [1.29, 1.82) is 0 Å². The van der Waals surface area contributed by atoms with E-state index in [0.29, 0.717) is 18.9 Å². The van der Waals surface area contributed by atoms with Gasteiger partial charge < -0.3 is 39.2 Å². The van der Waals surface area contributed by atoms with Gasteiger partial charge in [0.05, 0.1) is 36.0 Å². The summed E-state index contributed by atoms with van der Waals surface area (Å²) in [6.07, 6.45) is 5.09. The molecule has 1 amide bonds. The minimum atomic E-state index is -1.42. The Hall–Kier alpha value is -4.73. The largest absolute Gasteiger partial charge is 0.508 e. The van der Waals surface area contributed by atoms with Crippen LogP contribution in [-0.2, 0) is 44.6 Å². The molecule has 2 aromatic carbocycles. The van der Waals surface area contributed by atoms with Gasteiger partial charge in [-0.3, -0.25) is 24.3 Å². The number of phenolic OH excluding ortho intramolecular Hbond substituents is 1. The van der Waals surface area contributed by atoms with Crippen LogP contribution in [0.5, 0.6) is 5.75 Å². The first-order valence-electron chi connectivity index (χ1n) is 24.3. The molecule has 13 atom stereocenters. The maximum absolute atomic E-state index is 14.8. The van der Waals surface area contributed by atoms with E-state index in [4.69, 9.17) is 23.7 Å². The fraction of sp³-hybridized carbons (Fsp3) is 0.604. The lowest BCUT2D eigenvalue weighted by molar-refractivity contribution is -0.297. The molecule has 3 aromatic rings. The first kappa shape index (κ1) is 50.2. The molecule has 1 aliphatic carbocycles. The Morgan fingerprint density at radius 3 is 2.43 bits per heavy atom. The van der Waals surface area contributed by atoms with Crippen molar-refractivity contribution < 1.29 is 53.1 Å². The van der Waals surface area contributed by atoms with Crippen molar-refractivity contribution in [3.05, 3.63) is 77.5 Å². The highest BCUT2D eigenvalue weighted by atomic mass is 16.7. The van der Waals surface area contributed by atoms with Gasteiger partial charge in [-0.25, -0.2) is 4.79 Å². The molecule has 7 rings (SSSR count). The standard InChI is InChI=1S/C53H71N3O11/c1-10-43-53(8)47(55-51(62)67-53)32(4)44(58)30(2)27-52(7,63-23-15-16-35-25-38-19-13-14-20-40(38)54-28-35)48(33(5)45(59)34(6)49(61)65-43)66-50-46(60)41(24-31(3)64-50)56(9)29-39-26-37(21-22-42(39)57)36-17-11-12-18-36/h13-16,19-22,25-26,28,30-34,36,41,43,46-48,50,57,60H,10-12,17-18,23-24,27,29H2,1-9H3,(H,55,62)/b16-15+/t30-,31-,32+,33+,34-,41+,43-,46-,47-,48-,50?,52+,53-/m1/s1. The molecular weight excluding hydrogens is 855 g/mol. The maximum atomic E-state index is 14.8. The first-order valence-corrected chi connectivity index (χ1v) is 24.3. The van der Waals surface area contributed by atoms with Gasteiger partial charge in [-0.2, -0.15) is 0 Å². The number of cyclic esters (lactones) is 1.